The Hall–Kier alpha value is -4.62. The standard InChI is InChI=1S/C31H33FN4O5/c1-20-17-36(21(2)19-37)30(38)27-14-23(9-8-22-10-12-24(32)13-11-22)16-33-29(27)41-28(20)18-35(3)31(39)34-25-6-5-7-26(15-25)40-4/h5-7,10-16,20-21,28,37H,17-19H2,1-4H3,(H,34,39)/t20-,21-,28+/m1/s1. The minimum Gasteiger partial charge on any atom is -0.497 e. The molecular formula is C31H33FN4O5. The summed E-state index contributed by atoms with van der Waals surface area (Å²) in [6.45, 7) is 3.97. The van der Waals surface area contributed by atoms with Crippen LogP contribution < -0.4 is 14.8 Å². The third-order valence-electron chi connectivity index (χ3n) is 6.84. The van der Waals surface area contributed by atoms with Gasteiger partial charge in [-0.05, 0) is 49.4 Å². The number of urea groups is 1. The van der Waals surface area contributed by atoms with Crippen molar-refractivity contribution in [3.8, 4) is 23.5 Å². The van der Waals surface area contributed by atoms with Gasteiger partial charge in [0, 0.05) is 48.6 Å². The fourth-order valence-corrected chi connectivity index (χ4v) is 4.34. The van der Waals surface area contributed by atoms with Crippen LogP contribution in [-0.4, -0.2) is 77.8 Å². The first-order valence-electron chi connectivity index (χ1n) is 13.2. The van der Waals surface area contributed by atoms with Gasteiger partial charge in [0.1, 0.15) is 23.2 Å². The zero-order chi connectivity index (χ0) is 29.5. The molecule has 0 saturated carbocycles. The van der Waals surface area contributed by atoms with E-state index in [4.69, 9.17) is 9.47 Å². The predicted octanol–water partition coefficient (Wildman–Crippen LogP) is 4.01. The zero-order valence-electron chi connectivity index (χ0n) is 23.4. The second-order valence-electron chi connectivity index (χ2n) is 10.00. The highest BCUT2D eigenvalue weighted by atomic mass is 19.1. The van der Waals surface area contributed by atoms with Crippen LogP contribution in [0, 0.1) is 23.6 Å². The molecule has 214 valence electrons. The second kappa shape index (κ2) is 13.2. The smallest absolute Gasteiger partial charge is 0.321 e. The molecule has 3 amide bonds. The van der Waals surface area contributed by atoms with Crippen molar-refractivity contribution >= 4 is 17.6 Å². The van der Waals surface area contributed by atoms with Crippen molar-refractivity contribution in [3.05, 3.63) is 83.3 Å². The van der Waals surface area contributed by atoms with Crippen LogP contribution >= 0.6 is 0 Å². The van der Waals surface area contributed by atoms with Crippen LogP contribution in [-0.2, 0) is 0 Å². The van der Waals surface area contributed by atoms with E-state index in [1.165, 1.54) is 23.2 Å². The molecule has 0 bridgehead atoms. The van der Waals surface area contributed by atoms with Crippen molar-refractivity contribution in [3.63, 3.8) is 0 Å². The summed E-state index contributed by atoms with van der Waals surface area (Å²) >= 11 is 0. The third-order valence-corrected chi connectivity index (χ3v) is 6.84. The SMILES string of the molecule is COc1cccc(NC(=O)N(C)C[C@@H]2Oc3ncc(C#Cc4ccc(F)cc4)cc3C(=O)N([C@H](C)CO)C[C@H]2C)c1. The van der Waals surface area contributed by atoms with E-state index in [-0.39, 0.29) is 48.3 Å². The van der Waals surface area contributed by atoms with Crippen molar-refractivity contribution in [2.45, 2.75) is 26.0 Å². The molecule has 0 fully saturated rings. The van der Waals surface area contributed by atoms with Crippen LogP contribution in [0.25, 0.3) is 0 Å². The number of halogens is 1. The number of anilines is 1. The summed E-state index contributed by atoms with van der Waals surface area (Å²) in [7, 11) is 3.21. The molecule has 2 N–H and O–H groups in total. The number of hydrogen-bond acceptors (Lipinski definition) is 6. The van der Waals surface area contributed by atoms with Gasteiger partial charge in [0.05, 0.1) is 26.3 Å². The maximum Gasteiger partial charge on any atom is 0.321 e. The Morgan fingerprint density at radius 2 is 1.98 bits per heavy atom. The average molecular weight is 561 g/mol. The number of aliphatic hydroxyl groups excluding tert-OH is 1. The molecule has 0 spiro atoms. The lowest BCUT2D eigenvalue weighted by molar-refractivity contribution is 0.0356. The van der Waals surface area contributed by atoms with E-state index in [2.05, 4.69) is 22.1 Å². The van der Waals surface area contributed by atoms with E-state index in [1.807, 2.05) is 6.92 Å². The number of carbonyl (C=O) groups excluding carboxylic acids is 2. The van der Waals surface area contributed by atoms with Gasteiger partial charge >= 0.3 is 6.03 Å². The highest BCUT2D eigenvalue weighted by Crippen LogP contribution is 2.27. The molecule has 10 heteroatoms. The number of amides is 3. The van der Waals surface area contributed by atoms with Gasteiger partial charge in [-0.2, -0.15) is 0 Å². The van der Waals surface area contributed by atoms with Gasteiger partial charge in [0.2, 0.25) is 5.88 Å². The van der Waals surface area contributed by atoms with E-state index in [0.29, 0.717) is 29.1 Å². The van der Waals surface area contributed by atoms with Crippen LogP contribution in [0.4, 0.5) is 14.9 Å². The molecule has 9 nitrogen and oxygen atoms in total. The molecule has 3 aromatic rings. The number of benzene rings is 2. The Balaban J connectivity index is 1.59. The number of hydrogen-bond donors (Lipinski definition) is 2. The number of methoxy groups -OCH3 is 1. The third kappa shape index (κ3) is 7.32. The van der Waals surface area contributed by atoms with Crippen LogP contribution in [0.2, 0.25) is 0 Å². The topological polar surface area (TPSA) is 104 Å². The average Bonchev–Trinajstić information content (AvgIpc) is 2.98. The van der Waals surface area contributed by atoms with Gasteiger partial charge in [-0.15, -0.1) is 0 Å². The van der Waals surface area contributed by atoms with Gasteiger partial charge in [-0.1, -0.05) is 24.8 Å². The van der Waals surface area contributed by atoms with Gasteiger partial charge in [0.25, 0.3) is 5.91 Å². The molecule has 0 radical (unpaired) electrons. The molecule has 0 aliphatic carbocycles. The number of aliphatic hydroxyl groups is 1. The summed E-state index contributed by atoms with van der Waals surface area (Å²) in [6, 6.07) is 13.6. The fraction of sp³-hybridized carbons (Fsp3) is 0.323. The summed E-state index contributed by atoms with van der Waals surface area (Å²) in [6.07, 6.45) is 0.991. The quantitative estimate of drug-likeness (QED) is 0.442. The number of rotatable bonds is 6. The summed E-state index contributed by atoms with van der Waals surface area (Å²) < 4.78 is 24.7. The number of ether oxygens (including phenoxy) is 2. The Labute approximate surface area is 238 Å². The molecule has 0 unspecified atom stereocenters. The van der Waals surface area contributed by atoms with E-state index in [1.54, 1.807) is 68.4 Å². The van der Waals surface area contributed by atoms with Crippen LogP contribution in [0.15, 0.2) is 60.8 Å². The number of pyridine rings is 1. The van der Waals surface area contributed by atoms with E-state index in [9.17, 15) is 19.1 Å². The molecule has 1 aliphatic rings. The van der Waals surface area contributed by atoms with Crippen LogP contribution in [0.3, 0.4) is 0 Å². The van der Waals surface area contributed by atoms with Gasteiger partial charge in [-0.25, -0.2) is 14.2 Å². The molecule has 1 aromatic heterocycles. The molecule has 2 aromatic carbocycles. The lowest BCUT2D eigenvalue weighted by Gasteiger charge is -2.37. The van der Waals surface area contributed by atoms with Crippen molar-refractivity contribution in [1.82, 2.24) is 14.8 Å². The first-order chi connectivity index (χ1) is 19.7. The lowest BCUT2D eigenvalue weighted by Crippen LogP contribution is -2.50. The molecule has 2 heterocycles. The Morgan fingerprint density at radius 3 is 2.68 bits per heavy atom. The molecular weight excluding hydrogens is 527 g/mol. The summed E-state index contributed by atoms with van der Waals surface area (Å²) in [5.74, 6) is 5.75. The number of carbonyl (C=O) groups is 2. The zero-order valence-corrected chi connectivity index (χ0v) is 23.4. The maximum atomic E-state index is 13.6. The highest BCUT2D eigenvalue weighted by Gasteiger charge is 2.34. The molecule has 0 saturated heterocycles. The lowest BCUT2D eigenvalue weighted by atomic mass is 10.00. The summed E-state index contributed by atoms with van der Waals surface area (Å²) in [4.78, 5) is 34.1. The second-order valence-corrected chi connectivity index (χ2v) is 10.00. The van der Waals surface area contributed by atoms with Crippen LogP contribution in [0.1, 0.15) is 35.3 Å². The number of nitrogens with one attached hydrogen (secondary N) is 1. The van der Waals surface area contributed by atoms with E-state index >= 15 is 0 Å². The fourth-order valence-electron chi connectivity index (χ4n) is 4.34. The monoisotopic (exact) mass is 560 g/mol. The van der Waals surface area contributed by atoms with E-state index in [0.717, 1.165) is 0 Å². The number of aromatic nitrogens is 1. The van der Waals surface area contributed by atoms with Gasteiger partial charge in [-0.3, -0.25) is 4.79 Å². The first kappa shape index (κ1) is 29.4. The number of likely N-dealkylation sites (N-methyl/N-ethyl adjacent to an activating group) is 1. The highest BCUT2D eigenvalue weighted by molar-refractivity contribution is 5.97. The molecule has 4 rings (SSSR count). The van der Waals surface area contributed by atoms with Gasteiger partial charge < -0.3 is 29.7 Å². The summed E-state index contributed by atoms with van der Waals surface area (Å²) in [5, 5.41) is 12.7. The Kier molecular flexibility index (Phi) is 9.42. The van der Waals surface area contributed by atoms with Crippen molar-refractivity contribution in [2.75, 3.05) is 39.2 Å². The number of fused-ring (bicyclic) bond motifs is 1. The Morgan fingerprint density at radius 1 is 1.24 bits per heavy atom. The molecule has 41 heavy (non-hydrogen) atoms. The number of nitrogens with zero attached hydrogens (tertiary/aromatic N) is 3. The predicted molar refractivity (Wildman–Crippen MR) is 152 cm³/mol. The largest absolute Gasteiger partial charge is 0.497 e. The van der Waals surface area contributed by atoms with Crippen molar-refractivity contribution in [1.29, 1.82) is 0 Å². The molecule has 1 aliphatic heterocycles. The van der Waals surface area contributed by atoms with Crippen LogP contribution in [0.5, 0.6) is 11.6 Å². The first-order valence-corrected chi connectivity index (χ1v) is 13.2. The summed E-state index contributed by atoms with van der Waals surface area (Å²) in [5.41, 5.74) is 1.88. The van der Waals surface area contributed by atoms with Crippen molar-refractivity contribution < 1.29 is 28.6 Å². The Bertz CT molecular complexity index is 1450. The van der Waals surface area contributed by atoms with E-state index < -0.39 is 12.1 Å². The minimum absolute atomic E-state index is 0.121. The van der Waals surface area contributed by atoms with Crippen molar-refractivity contribution in [2.24, 2.45) is 5.92 Å². The molecule has 3 atom stereocenters. The van der Waals surface area contributed by atoms with Gasteiger partial charge in [0.15, 0.2) is 0 Å². The normalized spacial score (nSPS) is 17.1. The minimum atomic E-state index is -0.514. The maximum absolute atomic E-state index is 13.6.